The van der Waals surface area contributed by atoms with Crippen LogP contribution in [0.3, 0.4) is 0 Å². The van der Waals surface area contributed by atoms with E-state index in [0.717, 1.165) is 31.7 Å². The molecule has 0 aromatic heterocycles. The number of amides is 1. The van der Waals surface area contributed by atoms with Crippen molar-refractivity contribution >= 4 is 5.91 Å². The molecule has 1 N–H and O–H groups in total. The number of hydrogen-bond acceptors (Lipinski definition) is 3. The molecule has 1 aromatic carbocycles. The van der Waals surface area contributed by atoms with Crippen LogP contribution in [-0.4, -0.2) is 45.1 Å². The van der Waals surface area contributed by atoms with Gasteiger partial charge in [-0.25, -0.2) is 0 Å². The Morgan fingerprint density at radius 3 is 2.89 bits per heavy atom. The Kier molecular flexibility index (Phi) is 6.97. The standard InChI is InChI=1S/C15H24N2O2/c1-16-10-5-8-15(18)17(2)11-9-13-6-4-7-14(12-13)19-3/h4,6-7,12,16H,5,8-11H2,1-3H3. The van der Waals surface area contributed by atoms with Gasteiger partial charge in [-0.3, -0.25) is 4.79 Å². The van der Waals surface area contributed by atoms with Crippen molar-refractivity contribution in [1.82, 2.24) is 10.2 Å². The number of hydrogen-bond donors (Lipinski definition) is 1. The van der Waals surface area contributed by atoms with Gasteiger partial charge in [0.15, 0.2) is 0 Å². The Morgan fingerprint density at radius 1 is 1.42 bits per heavy atom. The Labute approximate surface area is 115 Å². The molecule has 0 heterocycles. The molecule has 1 rings (SSSR count). The molecule has 0 saturated carbocycles. The lowest BCUT2D eigenvalue weighted by Gasteiger charge is -2.17. The first kappa shape index (κ1) is 15.5. The first-order chi connectivity index (χ1) is 9.17. The summed E-state index contributed by atoms with van der Waals surface area (Å²) in [5, 5.41) is 3.05. The van der Waals surface area contributed by atoms with Crippen molar-refractivity contribution in [3.05, 3.63) is 29.8 Å². The molecule has 0 spiro atoms. The topological polar surface area (TPSA) is 41.6 Å². The van der Waals surface area contributed by atoms with Gasteiger partial charge in [0.25, 0.3) is 0 Å². The van der Waals surface area contributed by atoms with Crippen molar-refractivity contribution in [2.24, 2.45) is 0 Å². The maximum absolute atomic E-state index is 11.8. The molecule has 0 aliphatic heterocycles. The number of nitrogens with one attached hydrogen (secondary N) is 1. The van der Waals surface area contributed by atoms with Crippen LogP contribution in [0.2, 0.25) is 0 Å². The molecule has 0 atom stereocenters. The Morgan fingerprint density at radius 2 is 2.21 bits per heavy atom. The van der Waals surface area contributed by atoms with E-state index in [0.29, 0.717) is 6.42 Å². The molecule has 19 heavy (non-hydrogen) atoms. The van der Waals surface area contributed by atoms with E-state index in [1.807, 2.05) is 32.3 Å². The van der Waals surface area contributed by atoms with E-state index >= 15 is 0 Å². The van der Waals surface area contributed by atoms with Gasteiger partial charge in [0.1, 0.15) is 5.75 Å². The van der Waals surface area contributed by atoms with Crippen LogP contribution < -0.4 is 10.1 Å². The number of likely N-dealkylation sites (N-methyl/N-ethyl adjacent to an activating group) is 1. The van der Waals surface area contributed by atoms with Crippen molar-refractivity contribution in [3.63, 3.8) is 0 Å². The van der Waals surface area contributed by atoms with Gasteiger partial charge in [-0.05, 0) is 44.1 Å². The van der Waals surface area contributed by atoms with E-state index in [1.165, 1.54) is 5.56 Å². The molecule has 4 nitrogen and oxygen atoms in total. The van der Waals surface area contributed by atoms with Crippen molar-refractivity contribution in [1.29, 1.82) is 0 Å². The molecule has 0 aliphatic rings. The fraction of sp³-hybridized carbons (Fsp3) is 0.533. The van der Waals surface area contributed by atoms with E-state index in [4.69, 9.17) is 4.74 Å². The van der Waals surface area contributed by atoms with E-state index in [9.17, 15) is 4.79 Å². The third-order valence-electron chi connectivity index (χ3n) is 3.11. The van der Waals surface area contributed by atoms with E-state index < -0.39 is 0 Å². The normalized spacial score (nSPS) is 10.3. The smallest absolute Gasteiger partial charge is 0.222 e. The second-order valence-electron chi connectivity index (χ2n) is 4.62. The monoisotopic (exact) mass is 264 g/mol. The minimum Gasteiger partial charge on any atom is -0.497 e. The summed E-state index contributed by atoms with van der Waals surface area (Å²) < 4.78 is 5.19. The number of rotatable bonds is 8. The number of methoxy groups -OCH3 is 1. The van der Waals surface area contributed by atoms with Gasteiger partial charge in [0.2, 0.25) is 5.91 Å². The highest BCUT2D eigenvalue weighted by atomic mass is 16.5. The van der Waals surface area contributed by atoms with Gasteiger partial charge < -0.3 is 15.0 Å². The molecule has 4 heteroatoms. The van der Waals surface area contributed by atoms with Crippen molar-refractivity contribution < 1.29 is 9.53 Å². The average Bonchev–Trinajstić information content (AvgIpc) is 2.45. The van der Waals surface area contributed by atoms with Gasteiger partial charge in [-0.15, -0.1) is 0 Å². The Balaban J connectivity index is 2.36. The summed E-state index contributed by atoms with van der Waals surface area (Å²) in [6.45, 7) is 1.63. The van der Waals surface area contributed by atoms with E-state index in [2.05, 4.69) is 11.4 Å². The van der Waals surface area contributed by atoms with Crippen LogP contribution >= 0.6 is 0 Å². The zero-order valence-electron chi connectivity index (χ0n) is 12.1. The van der Waals surface area contributed by atoms with Crippen molar-refractivity contribution in [2.75, 3.05) is 34.3 Å². The fourth-order valence-electron chi connectivity index (χ4n) is 1.86. The third kappa shape index (κ3) is 5.75. The summed E-state index contributed by atoms with van der Waals surface area (Å²) in [5.74, 6) is 1.07. The number of ether oxygens (including phenoxy) is 1. The SMILES string of the molecule is CNCCCC(=O)N(C)CCc1cccc(OC)c1. The highest BCUT2D eigenvalue weighted by Gasteiger charge is 2.08. The maximum atomic E-state index is 11.8. The molecule has 1 amide bonds. The summed E-state index contributed by atoms with van der Waals surface area (Å²) >= 11 is 0. The molecule has 0 radical (unpaired) electrons. The predicted octanol–water partition coefficient (Wildman–Crippen LogP) is 1.70. The van der Waals surface area contributed by atoms with Gasteiger partial charge in [-0.2, -0.15) is 0 Å². The first-order valence-corrected chi connectivity index (χ1v) is 6.69. The van der Waals surface area contributed by atoms with Crippen LogP contribution in [0.5, 0.6) is 5.75 Å². The fourth-order valence-corrected chi connectivity index (χ4v) is 1.86. The Bertz CT molecular complexity index is 393. The van der Waals surface area contributed by atoms with Crippen LogP contribution in [0, 0.1) is 0 Å². The minimum atomic E-state index is 0.207. The lowest BCUT2D eigenvalue weighted by atomic mass is 10.1. The largest absolute Gasteiger partial charge is 0.497 e. The van der Waals surface area contributed by atoms with E-state index in [-0.39, 0.29) is 5.91 Å². The van der Waals surface area contributed by atoms with Gasteiger partial charge in [0, 0.05) is 20.0 Å². The summed E-state index contributed by atoms with van der Waals surface area (Å²) in [5.41, 5.74) is 1.19. The molecule has 0 aliphatic carbocycles. The summed E-state index contributed by atoms with van der Waals surface area (Å²) in [4.78, 5) is 13.6. The lowest BCUT2D eigenvalue weighted by molar-refractivity contribution is -0.129. The number of carbonyl (C=O) groups is 1. The maximum Gasteiger partial charge on any atom is 0.222 e. The first-order valence-electron chi connectivity index (χ1n) is 6.69. The molecule has 0 unspecified atom stereocenters. The lowest BCUT2D eigenvalue weighted by Crippen LogP contribution is -2.29. The van der Waals surface area contributed by atoms with Crippen molar-refractivity contribution in [3.8, 4) is 5.75 Å². The van der Waals surface area contributed by atoms with E-state index in [1.54, 1.807) is 12.0 Å². The summed E-state index contributed by atoms with van der Waals surface area (Å²) in [7, 11) is 5.43. The highest BCUT2D eigenvalue weighted by molar-refractivity contribution is 5.75. The van der Waals surface area contributed by atoms with Gasteiger partial charge >= 0.3 is 0 Å². The molecule has 1 aromatic rings. The zero-order chi connectivity index (χ0) is 14.1. The highest BCUT2D eigenvalue weighted by Crippen LogP contribution is 2.13. The summed E-state index contributed by atoms with van der Waals surface area (Å²) in [6.07, 6.45) is 2.35. The molecule has 0 saturated heterocycles. The van der Waals surface area contributed by atoms with Crippen molar-refractivity contribution in [2.45, 2.75) is 19.3 Å². The van der Waals surface area contributed by atoms with Crippen LogP contribution in [0.15, 0.2) is 24.3 Å². The minimum absolute atomic E-state index is 0.207. The number of carbonyl (C=O) groups excluding carboxylic acids is 1. The average molecular weight is 264 g/mol. The predicted molar refractivity (Wildman–Crippen MR) is 77.5 cm³/mol. The van der Waals surface area contributed by atoms with Crippen LogP contribution in [0.1, 0.15) is 18.4 Å². The van der Waals surface area contributed by atoms with Gasteiger partial charge in [0.05, 0.1) is 7.11 Å². The Hall–Kier alpha value is -1.55. The van der Waals surface area contributed by atoms with Crippen LogP contribution in [0.25, 0.3) is 0 Å². The third-order valence-corrected chi connectivity index (χ3v) is 3.11. The number of nitrogens with zero attached hydrogens (tertiary/aromatic N) is 1. The van der Waals surface area contributed by atoms with Gasteiger partial charge in [-0.1, -0.05) is 12.1 Å². The second-order valence-corrected chi connectivity index (χ2v) is 4.62. The number of benzene rings is 1. The molecule has 0 bridgehead atoms. The van der Waals surface area contributed by atoms with Crippen LogP contribution in [0.4, 0.5) is 0 Å². The second kappa shape index (κ2) is 8.53. The molecular formula is C15H24N2O2. The zero-order valence-corrected chi connectivity index (χ0v) is 12.1. The molecular weight excluding hydrogens is 240 g/mol. The summed E-state index contributed by atoms with van der Waals surface area (Å²) in [6, 6.07) is 7.97. The quantitative estimate of drug-likeness (QED) is 0.727. The molecule has 106 valence electrons. The van der Waals surface area contributed by atoms with Crippen LogP contribution in [-0.2, 0) is 11.2 Å². The molecule has 0 fully saturated rings.